The highest BCUT2D eigenvalue weighted by molar-refractivity contribution is 7.18. The first-order chi connectivity index (χ1) is 19.4. The lowest BCUT2D eigenvalue weighted by Crippen LogP contribution is -2.22. The Morgan fingerprint density at radius 2 is 1.80 bits per heavy atom. The fourth-order valence-corrected chi connectivity index (χ4v) is 5.27. The van der Waals surface area contributed by atoms with E-state index in [1.807, 2.05) is 12.1 Å². The van der Waals surface area contributed by atoms with Crippen LogP contribution in [-0.2, 0) is 12.7 Å². The summed E-state index contributed by atoms with van der Waals surface area (Å²) in [6, 6.07) is 10.2. The molecule has 2 aromatic heterocycles. The highest BCUT2D eigenvalue weighted by Gasteiger charge is 2.36. The van der Waals surface area contributed by atoms with E-state index < -0.39 is 17.3 Å². The molecular weight excluding hydrogens is 555 g/mol. The lowest BCUT2D eigenvalue weighted by atomic mass is 10.00. The topological polar surface area (TPSA) is 101 Å². The van der Waals surface area contributed by atoms with Gasteiger partial charge in [0.2, 0.25) is 5.13 Å². The van der Waals surface area contributed by atoms with Gasteiger partial charge in [0.1, 0.15) is 17.2 Å². The van der Waals surface area contributed by atoms with Crippen molar-refractivity contribution < 1.29 is 27.8 Å². The van der Waals surface area contributed by atoms with E-state index in [0.29, 0.717) is 57.8 Å². The van der Waals surface area contributed by atoms with Gasteiger partial charge in [-0.25, -0.2) is 4.98 Å². The molecule has 0 spiro atoms. The Kier molecular flexibility index (Phi) is 7.97. The van der Waals surface area contributed by atoms with Crippen LogP contribution in [0.1, 0.15) is 55.7 Å². The third-order valence-electron chi connectivity index (χ3n) is 6.91. The fourth-order valence-electron chi connectivity index (χ4n) is 4.54. The van der Waals surface area contributed by atoms with Gasteiger partial charge >= 0.3 is 6.18 Å². The van der Waals surface area contributed by atoms with Gasteiger partial charge in [0, 0.05) is 35.8 Å². The largest absolute Gasteiger partial charge is 0.497 e. The summed E-state index contributed by atoms with van der Waals surface area (Å²) in [6.07, 6.45) is -2.37. The van der Waals surface area contributed by atoms with Crippen LogP contribution in [0.3, 0.4) is 0 Å². The molecule has 0 amide bonds. The van der Waals surface area contributed by atoms with Crippen molar-refractivity contribution in [3.63, 3.8) is 0 Å². The van der Waals surface area contributed by atoms with Crippen molar-refractivity contribution in [1.29, 1.82) is 0 Å². The maximum Gasteiger partial charge on any atom is 0.418 e. The summed E-state index contributed by atoms with van der Waals surface area (Å²) in [5.74, 6) is 1.35. The van der Waals surface area contributed by atoms with Crippen LogP contribution < -0.4 is 20.1 Å². The minimum absolute atomic E-state index is 0.121. The Morgan fingerprint density at radius 1 is 1.02 bits per heavy atom. The van der Waals surface area contributed by atoms with Crippen molar-refractivity contribution in [3.8, 4) is 22.2 Å². The van der Waals surface area contributed by atoms with Crippen LogP contribution in [0.5, 0.6) is 11.5 Å². The molecule has 1 aliphatic rings. The molecule has 1 fully saturated rings. The van der Waals surface area contributed by atoms with Crippen molar-refractivity contribution in [2.24, 2.45) is 0 Å². The molecule has 12 heteroatoms. The summed E-state index contributed by atoms with van der Waals surface area (Å²) < 4.78 is 53.9. The number of pyridine rings is 1. The number of fused-ring (bicyclic) bond motifs is 1. The number of halogens is 3. The second kappa shape index (κ2) is 11.3. The Balaban J connectivity index is 1.56. The molecule has 1 saturated carbocycles. The number of aliphatic hydroxyl groups is 1. The number of nitrogens with one attached hydrogen (secondary N) is 2. The summed E-state index contributed by atoms with van der Waals surface area (Å²) in [7, 11) is 3.12. The number of benzene rings is 2. The van der Waals surface area contributed by atoms with Gasteiger partial charge in [-0.1, -0.05) is 11.3 Å². The van der Waals surface area contributed by atoms with Crippen LogP contribution in [0.25, 0.3) is 21.6 Å². The van der Waals surface area contributed by atoms with E-state index in [9.17, 15) is 18.3 Å². The Bertz CT molecular complexity index is 1550. The predicted molar refractivity (Wildman–Crippen MR) is 154 cm³/mol. The van der Waals surface area contributed by atoms with Crippen LogP contribution in [0.2, 0.25) is 0 Å². The molecule has 0 bridgehead atoms. The second-order valence-corrected chi connectivity index (χ2v) is 11.7. The zero-order valence-electron chi connectivity index (χ0n) is 23.2. The maximum atomic E-state index is 14.4. The molecule has 3 N–H and O–H groups in total. The van der Waals surface area contributed by atoms with Crippen LogP contribution in [0.15, 0.2) is 36.4 Å². The van der Waals surface area contributed by atoms with Gasteiger partial charge < -0.3 is 25.2 Å². The molecule has 1 aliphatic carbocycles. The standard InChI is InChI=1S/C29H32F3N5O3S/c1-28(2,38)9-10-33-27-37-36-26(41-27)23-14-22(34-15-17-7-8-19(39-3)13-24(17)40-4)20-11-18(16-5-6-16)12-21(25(20)35-23)29(30,31)32/h7-8,11-14,16,38H,5-6,9-10,15H2,1-4H3,(H,33,37)(H,34,35). The first-order valence-corrected chi connectivity index (χ1v) is 14.1. The second-order valence-electron chi connectivity index (χ2n) is 10.7. The van der Waals surface area contributed by atoms with Gasteiger partial charge in [0.25, 0.3) is 0 Å². The molecule has 41 heavy (non-hydrogen) atoms. The fraction of sp³-hybridized carbons (Fsp3) is 0.414. The molecule has 0 atom stereocenters. The summed E-state index contributed by atoms with van der Waals surface area (Å²) in [4.78, 5) is 4.48. The maximum absolute atomic E-state index is 14.4. The number of hydrogen-bond donors (Lipinski definition) is 3. The summed E-state index contributed by atoms with van der Waals surface area (Å²) >= 11 is 1.19. The van der Waals surface area contributed by atoms with Crippen molar-refractivity contribution in [2.75, 3.05) is 31.4 Å². The molecule has 0 saturated heterocycles. The van der Waals surface area contributed by atoms with Crippen molar-refractivity contribution in [3.05, 3.63) is 53.1 Å². The van der Waals surface area contributed by atoms with Gasteiger partial charge in [-0.05, 0) is 74.9 Å². The molecule has 218 valence electrons. The number of alkyl halides is 3. The smallest absolute Gasteiger partial charge is 0.418 e. The number of aromatic nitrogens is 3. The predicted octanol–water partition coefficient (Wildman–Crippen LogP) is 6.85. The number of anilines is 2. The molecule has 2 aromatic carbocycles. The Labute approximate surface area is 239 Å². The molecule has 8 nitrogen and oxygen atoms in total. The average molecular weight is 588 g/mol. The zero-order valence-corrected chi connectivity index (χ0v) is 24.0. The number of rotatable bonds is 11. The van der Waals surface area contributed by atoms with E-state index in [1.165, 1.54) is 17.4 Å². The van der Waals surface area contributed by atoms with E-state index in [-0.39, 0.29) is 17.1 Å². The minimum Gasteiger partial charge on any atom is -0.497 e. The molecule has 0 aliphatic heterocycles. The van der Waals surface area contributed by atoms with E-state index in [2.05, 4.69) is 25.8 Å². The first kappa shape index (κ1) is 28.9. The van der Waals surface area contributed by atoms with Gasteiger partial charge in [0.05, 0.1) is 30.9 Å². The summed E-state index contributed by atoms with van der Waals surface area (Å²) in [5, 5.41) is 26.0. The quantitative estimate of drug-likeness (QED) is 0.175. The van der Waals surface area contributed by atoms with E-state index in [4.69, 9.17) is 9.47 Å². The minimum atomic E-state index is -4.59. The van der Waals surface area contributed by atoms with Gasteiger partial charge in [-0.2, -0.15) is 13.2 Å². The number of hydrogen-bond acceptors (Lipinski definition) is 9. The van der Waals surface area contributed by atoms with Gasteiger partial charge in [-0.3, -0.25) is 0 Å². The highest BCUT2D eigenvalue weighted by atomic mass is 32.1. The SMILES string of the molecule is COc1ccc(CNc2cc(-c3nnc(NCCC(C)(C)O)s3)nc3c(C(F)(F)F)cc(C4CC4)cc23)c(OC)c1. The number of ether oxygens (including phenoxy) is 2. The molecule has 4 aromatic rings. The molecule has 0 radical (unpaired) electrons. The van der Waals surface area contributed by atoms with Crippen LogP contribution in [0.4, 0.5) is 24.0 Å². The molecule has 5 rings (SSSR count). The zero-order chi connectivity index (χ0) is 29.4. The van der Waals surface area contributed by atoms with Gasteiger partial charge in [-0.15, -0.1) is 10.2 Å². The van der Waals surface area contributed by atoms with E-state index >= 15 is 0 Å². The highest BCUT2D eigenvalue weighted by Crippen LogP contribution is 2.46. The van der Waals surface area contributed by atoms with Crippen molar-refractivity contribution in [1.82, 2.24) is 15.2 Å². The third-order valence-corrected chi connectivity index (χ3v) is 7.81. The lowest BCUT2D eigenvalue weighted by Gasteiger charge is -2.18. The third kappa shape index (κ3) is 6.82. The van der Waals surface area contributed by atoms with E-state index in [1.54, 1.807) is 46.3 Å². The molecule has 0 unspecified atom stereocenters. The van der Waals surface area contributed by atoms with Crippen molar-refractivity contribution >= 4 is 33.1 Å². The van der Waals surface area contributed by atoms with Crippen LogP contribution >= 0.6 is 11.3 Å². The monoisotopic (exact) mass is 587 g/mol. The van der Waals surface area contributed by atoms with Crippen LogP contribution in [-0.4, -0.2) is 46.7 Å². The van der Waals surface area contributed by atoms with Gasteiger partial charge in [0.15, 0.2) is 5.01 Å². The summed E-state index contributed by atoms with van der Waals surface area (Å²) in [5.41, 5.74) is 0.497. The molecule has 2 heterocycles. The lowest BCUT2D eigenvalue weighted by molar-refractivity contribution is -0.136. The molecular formula is C29H32F3N5O3S. The number of methoxy groups -OCH3 is 2. The average Bonchev–Trinajstić information content (AvgIpc) is 3.67. The Morgan fingerprint density at radius 3 is 2.46 bits per heavy atom. The Hall–Kier alpha value is -3.64. The number of nitrogens with zero attached hydrogens (tertiary/aromatic N) is 3. The first-order valence-electron chi connectivity index (χ1n) is 13.3. The normalized spacial score (nSPS) is 13.9. The summed E-state index contributed by atoms with van der Waals surface area (Å²) in [6.45, 7) is 4.17. The van der Waals surface area contributed by atoms with E-state index in [0.717, 1.165) is 18.4 Å². The van der Waals surface area contributed by atoms with Crippen LogP contribution in [0, 0.1) is 0 Å². The van der Waals surface area contributed by atoms with Crippen molar-refractivity contribution in [2.45, 2.75) is 57.3 Å².